The number of carbonyl (C=O) groups is 1. The minimum atomic E-state index is -0.113. The van der Waals surface area contributed by atoms with Gasteiger partial charge >= 0.3 is 0 Å². The third-order valence-corrected chi connectivity index (χ3v) is 3.80. The summed E-state index contributed by atoms with van der Waals surface area (Å²) < 4.78 is 1.57. The Morgan fingerprint density at radius 2 is 2.19 bits per heavy atom. The zero-order chi connectivity index (χ0) is 14.7. The van der Waals surface area contributed by atoms with Gasteiger partial charge in [0.15, 0.2) is 0 Å². The highest BCUT2D eigenvalue weighted by molar-refractivity contribution is 5.95. The Hall–Kier alpha value is -2.28. The fourth-order valence-corrected chi connectivity index (χ4v) is 2.60. The van der Waals surface area contributed by atoms with Crippen LogP contribution in [0, 0.1) is 5.92 Å². The van der Waals surface area contributed by atoms with Crippen LogP contribution in [0.15, 0.2) is 30.6 Å². The maximum atomic E-state index is 12.3. The number of tetrazole rings is 1. The van der Waals surface area contributed by atoms with Crippen LogP contribution in [0.4, 0.5) is 5.69 Å². The van der Waals surface area contributed by atoms with Gasteiger partial charge < -0.3 is 10.6 Å². The van der Waals surface area contributed by atoms with Crippen LogP contribution >= 0.6 is 0 Å². The minimum absolute atomic E-state index is 0.0253. The summed E-state index contributed by atoms with van der Waals surface area (Å²) in [6.45, 7) is 3.01. The molecule has 2 unspecified atom stereocenters. The number of benzene rings is 1. The standard InChI is InChI=1S/C14H18N6O/c1-10-3-2-8-15-13(10)14(21)17-11-4-6-12(7-5-11)20-9-16-18-19-20/h4-7,9-10,13,15H,2-3,8H2,1H3,(H,17,21). The molecule has 110 valence electrons. The van der Waals surface area contributed by atoms with Crippen LogP contribution in [0.5, 0.6) is 0 Å². The molecule has 1 aromatic heterocycles. The summed E-state index contributed by atoms with van der Waals surface area (Å²) in [7, 11) is 0. The zero-order valence-corrected chi connectivity index (χ0v) is 11.9. The van der Waals surface area contributed by atoms with E-state index in [4.69, 9.17) is 0 Å². The molecule has 1 amide bonds. The van der Waals surface area contributed by atoms with Gasteiger partial charge in [0.25, 0.3) is 0 Å². The Balaban J connectivity index is 1.66. The van der Waals surface area contributed by atoms with Gasteiger partial charge in [-0.3, -0.25) is 4.79 Å². The SMILES string of the molecule is CC1CCCNC1C(=O)Nc1ccc(-n2cnnn2)cc1. The van der Waals surface area contributed by atoms with Crippen molar-refractivity contribution in [2.24, 2.45) is 5.92 Å². The molecule has 0 spiro atoms. The van der Waals surface area contributed by atoms with Gasteiger partial charge in [-0.1, -0.05) is 6.92 Å². The first-order valence-corrected chi connectivity index (χ1v) is 7.12. The molecule has 1 aromatic carbocycles. The quantitative estimate of drug-likeness (QED) is 0.879. The summed E-state index contributed by atoms with van der Waals surface area (Å²) in [6, 6.07) is 7.32. The summed E-state index contributed by atoms with van der Waals surface area (Å²) >= 11 is 0. The van der Waals surface area contributed by atoms with Gasteiger partial charge in [-0.15, -0.1) is 5.10 Å². The second-order valence-corrected chi connectivity index (χ2v) is 5.34. The van der Waals surface area contributed by atoms with Gasteiger partial charge in [0.05, 0.1) is 11.7 Å². The molecule has 0 radical (unpaired) electrons. The van der Waals surface area contributed by atoms with Crippen molar-refractivity contribution in [1.29, 1.82) is 0 Å². The first-order chi connectivity index (χ1) is 10.2. The number of nitrogens with one attached hydrogen (secondary N) is 2. The summed E-state index contributed by atoms with van der Waals surface area (Å²) in [4.78, 5) is 12.3. The predicted octanol–water partition coefficient (Wildman–Crippen LogP) is 0.989. The lowest BCUT2D eigenvalue weighted by Crippen LogP contribution is -2.48. The highest BCUT2D eigenvalue weighted by Crippen LogP contribution is 2.18. The lowest BCUT2D eigenvalue weighted by molar-refractivity contribution is -0.119. The molecule has 0 aliphatic carbocycles. The fraction of sp³-hybridized carbons (Fsp3) is 0.429. The van der Waals surface area contributed by atoms with Crippen LogP contribution in [0.1, 0.15) is 19.8 Å². The summed E-state index contributed by atoms with van der Waals surface area (Å²) in [5.41, 5.74) is 1.62. The molecule has 2 N–H and O–H groups in total. The van der Waals surface area contributed by atoms with Crippen LogP contribution in [0.25, 0.3) is 5.69 Å². The number of rotatable bonds is 3. The van der Waals surface area contributed by atoms with Gasteiger partial charge in [-0.25, -0.2) is 4.68 Å². The maximum Gasteiger partial charge on any atom is 0.241 e. The van der Waals surface area contributed by atoms with E-state index in [1.165, 1.54) is 6.33 Å². The van der Waals surface area contributed by atoms with Crippen LogP contribution in [0.2, 0.25) is 0 Å². The molecular weight excluding hydrogens is 268 g/mol. The lowest BCUT2D eigenvalue weighted by Gasteiger charge is -2.28. The molecule has 7 heteroatoms. The third-order valence-electron chi connectivity index (χ3n) is 3.80. The third kappa shape index (κ3) is 3.08. The minimum Gasteiger partial charge on any atom is -0.325 e. The molecule has 0 bridgehead atoms. The van der Waals surface area contributed by atoms with Crippen LogP contribution in [-0.4, -0.2) is 38.7 Å². The van der Waals surface area contributed by atoms with E-state index in [1.807, 2.05) is 24.3 Å². The monoisotopic (exact) mass is 286 g/mol. The topological polar surface area (TPSA) is 84.7 Å². The Morgan fingerprint density at radius 3 is 2.86 bits per heavy atom. The molecule has 7 nitrogen and oxygen atoms in total. The van der Waals surface area contributed by atoms with Crippen LogP contribution in [0.3, 0.4) is 0 Å². The van der Waals surface area contributed by atoms with E-state index < -0.39 is 0 Å². The van der Waals surface area contributed by atoms with Crippen molar-refractivity contribution in [2.75, 3.05) is 11.9 Å². The Labute approximate surface area is 122 Å². The number of anilines is 1. The molecule has 21 heavy (non-hydrogen) atoms. The summed E-state index contributed by atoms with van der Waals surface area (Å²) in [5.74, 6) is 0.386. The van der Waals surface area contributed by atoms with Crippen molar-refractivity contribution >= 4 is 11.6 Å². The Bertz CT molecular complexity index is 594. The highest BCUT2D eigenvalue weighted by atomic mass is 16.2. The van der Waals surface area contributed by atoms with Gasteiger partial charge in [-0.05, 0) is 60.0 Å². The molecule has 1 saturated heterocycles. The second kappa shape index (κ2) is 6.01. The van der Waals surface area contributed by atoms with E-state index in [9.17, 15) is 4.79 Å². The Kier molecular flexibility index (Phi) is 3.92. The lowest BCUT2D eigenvalue weighted by atomic mass is 9.92. The number of aromatic nitrogens is 4. The van der Waals surface area contributed by atoms with E-state index in [1.54, 1.807) is 4.68 Å². The molecule has 1 aliphatic rings. The first kappa shape index (κ1) is 13.7. The van der Waals surface area contributed by atoms with Gasteiger partial charge in [0.2, 0.25) is 5.91 Å². The number of hydrogen-bond donors (Lipinski definition) is 2. The van der Waals surface area contributed by atoms with Gasteiger partial charge in [-0.2, -0.15) is 0 Å². The average molecular weight is 286 g/mol. The highest BCUT2D eigenvalue weighted by Gasteiger charge is 2.27. The molecule has 2 heterocycles. The fourth-order valence-electron chi connectivity index (χ4n) is 2.60. The molecule has 1 fully saturated rings. The van der Waals surface area contributed by atoms with E-state index in [0.29, 0.717) is 5.92 Å². The molecule has 3 rings (SSSR count). The average Bonchev–Trinajstić information content (AvgIpc) is 3.02. The van der Waals surface area contributed by atoms with Crippen LogP contribution in [-0.2, 0) is 4.79 Å². The molecule has 2 aromatic rings. The molecular formula is C14H18N6O. The van der Waals surface area contributed by atoms with Gasteiger partial charge in [0, 0.05) is 5.69 Å². The zero-order valence-electron chi connectivity index (χ0n) is 11.9. The molecule has 2 atom stereocenters. The second-order valence-electron chi connectivity index (χ2n) is 5.34. The smallest absolute Gasteiger partial charge is 0.241 e. The van der Waals surface area contributed by atoms with Crippen LogP contribution < -0.4 is 10.6 Å². The van der Waals surface area contributed by atoms with Crippen molar-refractivity contribution < 1.29 is 4.79 Å². The normalized spacial score (nSPS) is 22.0. The van der Waals surface area contributed by atoms with E-state index in [2.05, 4.69) is 33.1 Å². The maximum absolute atomic E-state index is 12.3. The van der Waals surface area contributed by atoms with Gasteiger partial charge in [0.1, 0.15) is 6.33 Å². The van der Waals surface area contributed by atoms with Crippen molar-refractivity contribution in [3.8, 4) is 5.69 Å². The van der Waals surface area contributed by atoms with E-state index >= 15 is 0 Å². The molecule has 1 aliphatic heterocycles. The predicted molar refractivity (Wildman–Crippen MR) is 78.0 cm³/mol. The van der Waals surface area contributed by atoms with Crippen molar-refractivity contribution in [3.63, 3.8) is 0 Å². The van der Waals surface area contributed by atoms with Crippen molar-refractivity contribution in [3.05, 3.63) is 30.6 Å². The first-order valence-electron chi connectivity index (χ1n) is 7.12. The largest absolute Gasteiger partial charge is 0.325 e. The number of hydrogen-bond acceptors (Lipinski definition) is 5. The van der Waals surface area contributed by atoms with E-state index in [0.717, 1.165) is 30.8 Å². The number of piperidine rings is 1. The summed E-state index contributed by atoms with van der Waals surface area (Å²) in [5, 5.41) is 17.2. The Morgan fingerprint density at radius 1 is 1.38 bits per heavy atom. The molecule has 0 saturated carbocycles. The van der Waals surface area contributed by atoms with Crippen molar-refractivity contribution in [2.45, 2.75) is 25.8 Å². The van der Waals surface area contributed by atoms with E-state index in [-0.39, 0.29) is 11.9 Å². The number of nitrogens with zero attached hydrogens (tertiary/aromatic N) is 4. The number of carbonyl (C=O) groups excluding carboxylic acids is 1. The summed E-state index contributed by atoms with van der Waals surface area (Å²) in [6.07, 6.45) is 3.75. The van der Waals surface area contributed by atoms with Crippen molar-refractivity contribution in [1.82, 2.24) is 25.5 Å². The number of amides is 1.